The van der Waals surface area contributed by atoms with Crippen molar-refractivity contribution in [1.82, 2.24) is 16.1 Å². The first-order valence-corrected chi connectivity index (χ1v) is 10.7. The molecule has 34 heavy (non-hydrogen) atoms. The van der Waals surface area contributed by atoms with E-state index < -0.39 is 17.9 Å². The third-order valence-corrected chi connectivity index (χ3v) is 4.98. The Labute approximate surface area is 201 Å². The van der Waals surface area contributed by atoms with Crippen molar-refractivity contribution in [2.45, 2.75) is 19.9 Å². The molecule has 0 unspecified atom stereocenters. The van der Waals surface area contributed by atoms with Crippen LogP contribution in [0.5, 0.6) is 17.2 Å². The van der Waals surface area contributed by atoms with Gasteiger partial charge >= 0.3 is 5.97 Å². The molecule has 2 aromatic rings. The number of nitrogens with zero attached hydrogens (tertiary/aromatic N) is 1. The zero-order valence-corrected chi connectivity index (χ0v) is 19.3. The number of aromatic hydroxyl groups is 2. The molecule has 2 aromatic carbocycles. The lowest BCUT2D eigenvalue weighted by atomic mass is 9.95. The van der Waals surface area contributed by atoms with Crippen molar-refractivity contribution in [3.63, 3.8) is 0 Å². The molecule has 1 atom stereocenters. The van der Waals surface area contributed by atoms with Gasteiger partial charge in [0.15, 0.2) is 11.7 Å². The fourth-order valence-electron chi connectivity index (χ4n) is 3.25. The normalized spacial score (nSPS) is 15.5. The number of hydrazone groups is 1. The largest absolute Gasteiger partial charge is 0.508 e. The quantitative estimate of drug-likeness (QED) is 0.165. The SMILES string of the molecule is CCOC(=O)C1=C(C)NC(=S)N[C@H]1c1ccccc1OCC(=O)NN=Cc1ccc(O)cc1O. The van der Waals surface area contributed by atoms with Gasteiger partial charge < -0.3 is 30.3 Å². The lowest BCUT2D eigenvalue weighted by Gasteiger charge is -2.30. The topological polar surface area (TPSA) is 142 Å². The van der Waals surface area contributed by atoms with Crippen LogP contribution in [-0.2, 0) is 14.3 Å². The molecule has 5 N–H and O–H groups in total. The Morgan fingerprint density at radius 3 is 2.74 bits per heavy atom. The second kappa shape index (κ2) is 11.1. The summed E-state index contributed by atoms with van der Waals surface area (Å²) in [5.41, 5.74) is 4.13. The number of amides is 1. The predicted molar refractivity (Wildman–Crippen MR) is 128 cm³/mol. The first-order chi connectivity index (χ1) is 16.3. The Hall–Kier alpha value is -4.12. The zero-order chi connectivity index (χ0) is 24.7. The van der Waals surface area contributed by atoms with Gasteiger partial charge in [-0.2, -0.15) is 5.10 Å². The summed E-state index contributed by atoms with van der Waals surface area (Å²) in [6, 6.07) is 10.3. The number of ether oxygens (including phenoxy) is 2. The molecule has 1 heterocycles. The van der Waals surface area contributed by atoms with Crippen molar-refractivity contribution < 1.29 is 29.3 Å². The highest BCUT2D eigenvalue weighted by atomic mass is 32.1. The molecule has 0 fully saturated rings. The number of carbonyl (C=O) groups is 2. The molecule has 0 spiro atoms. The van der Waals surface area contributed by atoms with Crippen LogP contribution in [0.3, 0.4) is 0 Å². The lowest BCUT2D eigenvalue weighted by Crippen LogP contribution is -2.45. The summed E-state index contributed by atoms with van der Waals surface area (Å²) >= 11 is 5.26. The number of nitrogens with one attached hydrogen (secondary N) is 3. The third kappa shape index (κ3) is 6.01. The second-order valence-electron chi connectivity index (χ2n) is 7.15. The van der Waals surface area contributed by atoms with E-state index in [2.05, 4.69) is 21.2 Å². The second-order valence-corrected chi connectivity index (χ2v) is 7.56. The van der Waals surface area contributed by atoms with Crippen molar-refractivity contribution in [2.24, 2.45) is 5.10 Å². The van der Waals surface area contributed by atoms with E-state index in [9.17, 15) is 19.8 Å². The Morgan fingerprint density at radius 1 is 1.24 bits per heavy atom. The van der Waals surface area contributed by atoms with Gasteiger partial charge in [-0.05, 0) is 44.3 Å². The Balaban J connectivity index is 1.72. The molecule has 11 heteroatoms. The summed E-state index contributed by atoms with van der Waals surface area (Å²) in [5.74, 6) is -0.945. The van der Waals surface area contributed by atoms with Gasteiger partial charge in [-0.1, -0.05) is 18.2 Å². The predicted octanol–water partition coefficient (Wildman–Crippen LogP) is 1.98. The molecular weight excluding hydrogens is 460 g/mol. The van der Waals surface area contributed by atoms with Crippen LogP contribution in [0.25, 0.3) is 0 Å². The first kappa shape index (κ1) is 24.5. The minimum Gasteiger partial charge on any atom is -0.508 e. The van der Waals surface area contributed by atoms with Crippen LogP contribution in [0, 0.1) is 0 Å². The van der Waals surface area contributed by atoms with Crippen molar-refractivity contribution in [1.29, 1.82) is 0 Å². The third-order valence-electron chi connectivity index (χ3n) is 4.76. The smallest absolute Gasteiger partial charge is 0.338 e. The van der Waals surface area contributed by atoms with Gasteiger partial charge in [-0.3, -0.25) is 4.79 Å². The molecule has 0 aromatic heterocycles. The average molecular weight is 485 g/mol. The van der Waals surface area contributed by atoms with Crippen LogP contribution in [0.4, 0.5) is 0 Å². The van der Waals surface area contributed by atoms with E-state index in [-0.39, 0.29) is 24.7 Å². The number of benzene rings is 2. The zero-order valence-electron chi connectivity index (χ0n) is 18.5. The molecule has 0 saturated carbocycles. The number of hydrogen-bond acceptors (Lipinski definition) is 8. The molecule has 0 radical (unpaired) electrons. The number of esters is 1. The van der Waals surface area contributed by atoms with E-state index in [0.717, 1.165) is 6.07 Å². The van der Waals surface area contributed by atoms with Gasteiger partial charge in [0.05, 0.1) is 24.4 Å². The van der Waals surface area contributed by atoms with E-state index in [0.29, 0.717) is 33.3 Å². The number of para-hydroxylation sites is 1. The van der Waals surface area contributed by atoms with E-state index in [1.165, 1.54) is 18.3 Å². The minimum absolute atomic E-state index is 0.0918. The summed E-state index contributed by atoms with van der Waals surface area (Å²) in [5, 5.41) is 29.2. The molecule has 3 rings (SSSR count). The fraction of sp³-hybridized carbons (Fsp3) is 0.217. The molecule has 0 saturated heterocycles. The molecule has 10 nitrogen and oxygen atoms in total. The summed E-state index contributed by atoms with van der Waals surface area (Å²) in [6.07, 6.45) is 1.24. The Morgan fingerprint density at radius 2 is 2.00 bits per heavy atom. The van der Waals surface area contributed by atoms with Crippen LogP contribution < -0.4 is 20.8 Å². The maximum Gasteiger partial charge on any atom is 0.338 e. The Kier molecular flexibility index (Phi) is 8.04. The summed E-state index contributed by atoms with van der Waals surface area (Å²) in [7, 11) is 0. The van der Waals surface area contributed by atoms with Crippen LogP contribution in [-0.4, -0.2) is 46.6 Å². The van der Waals surface area contributed by atoms with Crippen molar-refractivity contribution >= 4 is 35.4 Å². The standard InChI is InChI=1S/C23H24N4O6S/c1-3-32-22(31)20-13(2)25-23(34)26-21(20)16-6-4-5-7-18(16)33-12-19(30)27-24-11-14-8-9-15(28)10-17(14)29/h4-11,21,28-29H,3,12H2,1-2H3,(H,27,30)(H2,25,26,34)/t21-/m0/s1. The van der Waals surface area contributed by atoms with Crippen LogP contribution in [0.15, 0.2) is 58.8 Å². The number of rotatable bonds is 8. The molecule has 178 valence electrons. The lowest BCUT2D eigenvalue weighted by molar-refractivity contribution is -0.139. The number of thiocarbonyl (C=S) groups is 1. The number of phenolic OH excluding ortho intramolecular Hbond substituents is 2. The van der Waals surface area contributed by atoms with Crippen molar-refractivity contribution in [3.05, 3.63) is 64.9 Å². The van der Waals surface area contributed by atoms with Gasteiger partial charge in [0.2, 0.25) is 0 Å². The Bertz CT molecular complexity index is 1160. The molecule has 1 aliphatic rings. The summed E-state index contributed by atoms with van der Waals surface area (Å²) in [4.78, 5) is 24.8. The molecular formula is C23H24N4O6S. The van der Waals surface area contributed by atoms with Gasteiger partial charge in [0, 0.05) is 22.9 Å². The number of carbonyl (C=O) groups excluding carboxylic acids is 2. The molecule has 1 aliphatic heterocycles. The number of phenols is 2. The number of hydrogen-bond donors (Lipinski definition) is 5. The van der Waals surface area contributed by atoms with Crippen LogP contribution >= 0.6 is 12.2 Å². The first-order valence-electron chi connectivity index (χ1n) is 10.3. The monoisotopic (exact) mass is 484 g/mol. The van der Waals surface area contributed by atoms with Gasteiger partial charge in [-0.25, -0.2) is 10.2 Å². The van der Waals surface area contributed by atoms with E-state index in [4.69, 9.17) is 21.7 Å². The molecule has 0 aliphatic carbocycles. The van der Waals surface area contributed by atoms with E-state index in [1.807, 2.05) is 0 Å². The highest BCUT2D eigenvalue weighted by Gasteiger charge is 2.32. The minimum atomic E-state index is -0.637. The number of allylic oxidation sites excluding steroid dienone is 1. The van der Waals surface area contributed by atoms with Crippen LogP contribution in [0.2, 0.25) is 0 Å². The van der Waals surface area contributed by atoms with E-state index >= 15 is 0 Å². The average Bonchev–Trinajstić information content (AvgIpc) is 2.79. The molecule has 0 bridgehead atoms. The fourth-order valence-corrected chi connectivity index (χ4v) is 3.52. The van der Waals surface area contributed by atoms with Crippen LogP contribution in [0.1, 0.15) is 31.0 Å². The van der Waals surface area contributed by atoms with Gasteiger partial charge in [0.1, 0.15) is 17.2 Å². The maximum absolute atomic E-state index is 12.6. The van der Waals surface area contributed by atoms with Crippen molar-refractivity contribution in [3.8, 4) is 17.2 Å². The maximum atomic E-state index is 12.6. The summed E-state index contributed by atoms with van der Waals surface area (Å²) in [6.45, 7) is 3.31. The van der Waals surface area contributed by atoms with Crippen molar-refractivity contribution in [2.75, 3.05) is 13.2 Å². The summed E-state index contributed by atoms with van der Waals surface area (Å²) < 4.78 is 10.9. The highest BCUT2D eigenvalue weighted by molar-refractivity contribution is 7.80. The van der Waals surface area contributed by atoms with Gasteiger partial charge in [-0.15, -0.1) is 0 Å². The van der Waals surface area contributed by atoms with Gasteiger partial charge in [0.25, 0.3) is 5.91 Å². The van der Waals surface area contributed by atoms with E-state index in [1.54, 1.807) is 38.1 Å². The molecule has 1 amide bonds. The highest BCUT2D eigenvalue weighted by Crippen LogP contribution is 2.33.